The topological polar surface area (TPSA) is 125 Å². The first-order valence-corrected chi connectivity index (χ1v) is 10.2. The number of anilines is 1. The van der Waals surface area contributed by atoms with E-state index in [0.29, 0.717) is 10.7 Å². The number of amides is 1. The summed E-state index contributed by atoms with van der Waals surface area (Å²) in [4.78, 5) is 23.5. The number of aryl methyl sites for hydroxylation is 2. The summed E-state index contributed by atoms with van der Waals surface area (Å²) in [5.74, 6) is -2.28. The number of halogens is 4. The molecule has 9 nitrogen and oxygen atoms in total. The summed E-state index contributed by atoms with van der Waals surface area (Å²) >= 11 is 5.08. The molecule has 4 N–H and O–H groups in total. The minimum atomic E-state index is -5.08. The average Bonchev–Trinajstić information content (AvgIpc) is 3.40. The number of aromatic amines is 1. The molecule has 1 aliphatic rings. The van der Waals surface area contributed by atoms with Crippen LogP contribution in [0.2, 0.25) is 0 Å². The molecule has 0 spiro atoms. The van der Waals surface area contributed by atoms with E-state index < -0.39 is 12.1 Å². The first-order valence-electron chi connectivity index (χ1n) is 8.56. The first kappa shape index (κ1) is 22.2. The van der Waals surface area contributed by atoms with Crippen LogP contribution < -0.4 is 10.6 Å². The molecule has 0 atom stereocenters. The number of carboxylic acids is 1. The van der Waals surface area contributed by atoms with Crippen molar-refractivity contribution < 1.29 is 27.9 Å². The van der Waals surface area contributed by atoms with Gasteiger partial charge in [-0.2, -0.15) is 23.4 Å². The zero-order chi connectivity index (χ0) is 22.2. The minimum absolute atomic E-state index is 0.132. The van der Waals surface area contributed by atoms with E-state index in [4.69, 9.17) is 9.90 Å². The number of hydrogen-bond donors (Lipinski definition) is 4. The van der Waals surface area contributed by atoms with Gasteiger partial charge in [-0.3, -0.25) is 9.89 Å². The van der Waals surface area contributed by atoms with Crippen LogP contribution in [-0.2, 0) is 31.4 Å². The molecule has 4 heterocycles. The Hall–Kier alpha value is -2.45. The highest BCUT2D eigenvalue weighted by molar-refractivity contribution is 9.10. The number of hydrogen-bond acceptors (Lipinski definition) is 6. The van der Waals surface area contributed by atoms with Crippen molar-refractivity contribution in [2.75, 3.05) is 5.32 Å². The second-order valence-corrected chi connectivity index (χ2v) is 8.13. The largest absolute Gasteiger partial charge is 0.490 e. The Bertz CT molecular complexity index is 1120. The van der Waals surface area contributed by atoms with E-state index in [9.17, 15) is 18.0 Å². The van der Waals surface area contributed by atoms with Gasteiger partial charge in [0.1, 0.15) is 10.7 Å². The first-order chi connectivity index (χ1) is 14.0. The van der Waals surface area contributed by atoms with E-state index >= 15 is 0 Å². The molecule has 3 aromatic heterocycles. The van der Waals surface area contributed by atoms with Crippen LogP contribution in [0, 0.1) is 0 Å². The summed E-state index contributed by atoms with van der Waals surface area (Å²) in [5, 5.41) is 25.8. The SMILES string of the molecule is CCc1nn(C)c2n[nH]c(NC(=O)c3sc4c(c3Br)CNC4)c12.O=C(O)C(F)(F)F. The second kappa shape index (κ2) is 8.35. The van der Waals surface area contributed by atoms with Gasteiger partial charge in [-0.15, -0.1) is 11.3 Å². The van der Waals surface area contributed by atoms with Crippen LogP contribution in [0.4, 0.5) is 19.0 Å². The average molecular weight is 509 g/mol. The fourth-order valence-corrected chi connectivity index (χ4v) is 4.89. The normalized spacial score (nSPS) is 13.1. The Kier molecular flexibility index (Phi) is 6.19. The Labute approximate surface area is 179 Å². The van der Waals surface area contributed by atoms with Crippen molar-refractivity contribution in [3.05, 3.63) is 25.5 Å². The quantitative estimate of drug-likeness (QED) is 0.430. The zero-order valence-electron chi connectivity index (χ0n) is 15.6. The van der Waals surface area contributed by atoms with Crippen LogP contribution in [0.3, 0.4) is 0 Å². The van der Waals surface area contributed by atoms with Crippen LogP contribution >= 0.6 is 27.3 Å². The molecule has 14 heteroatoms. The molecule has 0 bridgehead atoms. The van der Waals surface area contributed by atoms with Gasteiger partial charge < -0.3 is 15.7 Å². The van der Waals surface area contributed by atoms with Crippen LogP contribution in [0.15, 0.2) is 4.47 Å². The standard InChI is InChI=1S/C14H15BrN6OS.C2HF3O2/c1-3-7-9-12(18-19-13(9)21(2)20-7)17-14(22)11-10(15)6-4-16-5-8(6)23-11;3-2(4,5)1(6)7/h16H,3-5H2,1-2H3,(H2,17,18,19,22);(H,6,7). The van der Waals surface area contributed by atoms with E-state index in [-0.39, 0.29) is 5.91 Å². The van der Waals surface area contributed by atoms with Crippen LogP contribution in [0.25, 0.3) is 11.0 Å². The summed E-state index contributed by atoms with van der Waals surface area (Å²) in [6.07, 6.45) is -4.30. The van der Waals surface area contributed by atoms with Gasteiger partial charge in [-0.05, 0) is 27.9 Å². The van der Waals surface area contributed by atoms with Gasteiger partial charge >= 0.3 is 12.1 Å². The van der Waals surface area contributed by atoms with E-state index in [0.717, 1.165) is 40.7 Å². The molecule has 0 saturated heterocycles. The molecule has 4 rings (SSSR count). The van der Waals surface area contributed by atoms with Gasteiger partial charge in [0.15, 0.2) is 5.65 Å². The highest BCUT2D eigenvalue weighted by Crippen LogP contribution is 2.36. The second-order valence-electron chi connectivity index (χ2n) is 6.23. The number of aliphatic carboxylic acids is 1. The third-order valence-corrected chi connectivity index (χ3v) is 6.62. The third kappa shape index (κ3) is 4.20. The number of H-pyrrole nitrogens is 1. The Balaban J connectivity index is 0.000000318. The van der Waals surface area contributed by atoms with E-state index in [2.05, 4.69) is 41.9 Å². The lowest BCUT2D eigenvalue weighted by molar-refractivity contribution is -0.192. The fourth-order valence-electron chi connectivity index (χ4n) is 2.88. The molecule has 0 saturated carbocycles. The fraction of sp³-hybridized carbons (Fsp3) is 0.375. The number of carbonyl (C=O) groups excluding carboxylic acids is 1. The molecule has 0 fully saturated rings. The van der Waals surface area contributed by atoms with Gasteiger partial charge in [0.2, 0.25) is 0 Å². The van der Waals surface area contributed by atoms with Crippen molar-refractivity contribution in [2.24, 2.45) is 7.05 Å². The molecular formula is C16H16BrF3N6O3S. The summed E-state index contributed by atoms with van der Waals surface area (Å²) in [7, 11) is 1.85. The number of aromatic nitrogens is 4. The highest BCUT2D eigenvalue weighted by atomic mass is 79.9. The van der Waals surface area contributed by atoms with Crippen molar-refractivity contribution in [3.63, 3.8) is 0 Å². The van der Waals surface area contributed by atoms with Crippen LogP contribution in [0.5, 0.6) is 0 Å². The maximum Gasteiger partial charge on any atom is 0.490 e. The van der Waals surface area contributed by atoms with Crippen molar-refractivity contribution in [3.8, 4) is 0 Å². The Morgan fingerprint density at radius 1 is 1.37 bits per heavy atom. The molecule has 1 amide bonds. The predicted octanol–water partition coefficient (Wildman–Crippen LogP) is 3.17. The van der Waals surface area contributed by atoms with Gasteiger partial charge in [0.05, 0.1) is 11.1 Å². The zero-order valence-corrected chi connectivity index (χ0v) is 18.0. The highest BCUT2D eigenvalue weighted by Gasteiger charge is 2.38. The molecule has 0 unspecified atom stereocenters. The van der Waals surface area contributed by atoms with Crippen molar-refractivity contribution in [2.45, 2.75) is 32.6 Å². The number of thiophene rings is 1. The maximum atomic E-state index is 12.7. The summed E-state index contributed by atoms with van der Waals surface area (Å²) < 4.78 is 34.3. The lowest BCUT2D eigenvalue weighted by Crippen LogP contribution is -2.21. The number of carbonyl (C=O) groups is 2. The Morgan fingerprint density at radius 3 is 2.60 bits per heavy atom. The minimum Gasteiger partial charge on any atom is -0.475 e. The van der Waals surface area contributed by atoms with Crippen molar-refractivity contribution in [1.29, 1.82) is 0 Å². The van der Waals surface area contributed by atoms with Gasteiger partial charge in [0, 0.05) is 29.5 Å². The maximum absolute atomic E-state index is 12.7. The van der Waals surface area contributed by atoms with E-state index in [1.165, 1.54) is 21.8 Å². The van der Waals surface area contributed by atoms with Gasteiger partial charge in [0.25, 0.3) is 5.91 Å². The van der Waals surface area contributed by atoms with Gasteiger partial charge in [-0.25, -0.2) is 9.48 Å². The molecule has 0 radical (unpaired) electrons. The van der Waals surface area contributed by atoms with Crippen LogP contribution in [-0.4, -0.2) is 43.1 Å². The van der Waals surface area contributed by atoms with Crippen molar-refractivity contribution in [1.82, 2.24) is 25.3 Å². The molecule has 3 aromatic rings. The van der Waals surface area contributed by atoms with E-state index in [1.54, 1.807) is 4.68 Å². The third-order valence-electron chi connectivity index (χ3n) is 4.25. The lowest BCUT2D eigenvalue weighted by Gasteiger charge is -2.03. The monoisotopic (exact) mass is 508 g/mol. The number of nitrogens with zero attached hydrogens (tertiary/aromatic N) is 3. The smallest absolute Gasteiger partial charge is 0.475 e. The lowest BCUT2D eigenvalue weighted by atomic mass is 10.2. The summed E-state index contributed by atoms with van der Waals surface area (Å²) in [5.41, 5.74) is 2.85. The predicted molar refractivity (Wildman–Crippen MR) is 106 cm³/mol. The number of carboxylic acid groups (broad SMARTS) is 1. The summed E-state index contributed by atoms with van der Waals surface area (Å²) in [6.45, 7) is 3.66. The molecule has 162 valence electrons. The summed E-state index contributed by atoms with van der Waals surface area (Å²) in [6, 6.07) is 0. The van der Waals surface area contributed by atoms with Crippen LogP contribution in [0.1, 0.15) is 32.7 Å². The molecule has 30 heavy (non-hydrogen) atoms. The number of alkyl halides is 3. The van der Waals surface area contributed by atoms with Crippen molar-refractivity contribution >= 4 is 56.0 Å². The number of fused-ring (bicyclic) bond motifs is 2. The van der Waals surface area contributed by atoms with E-state index in [1.807, 2.05) is 14.0 Å². The Morgan fingerprint density at radius 2 is 2.03 bits per heavy atom. The molecule has 0 aliphatic carbocycles. The van der Waals surface area contributed by atoms with Gasteiger partial charge in [-0.1, -0.05) is 6.92 Å². The number of nitrogens with one attached hydrogen (secondary N) is 3. The molecule has 1 aliphatic heterocycles. The molecular weight excluding hydrogens is 493 g/mol. The molecule has 0 aromatic carbocycles. The number of rotatable bonds is 3.